The Morgan fingerprint density at radius 2 is 1.77 bits per heavy atom. The number of carbonyl (C=O) groups excluding carboxylic acids is 2. The molecule has 9 nitrogen and oxygen atoms in total. The Labute approximate surface area is 174 Å². The third-order valence-electron chi connectivity index (χ3n) is 4.68. The quantitative estimate of drug-likeness (QED) is 0.590. The van der Waals surface area contributed by atoms with Crippen molar-refractivity contribution in [1.82, 2.24) is 4.57 Å². The first-order valence-electron chi connectivity index (χ1n) is 9.11. The van der Waals surface area contributed by atoms with Crippen molar-refractivity contribution in [3.63, 3.8) is 0 Å². The van der Waals surface area contributed by atoms with Gasteiger partial charge in [-0.3, -0.25) is 9.59 Å². The average molecular weight is 428 g/mol. The summed E-state index contributed by atoms with van der Waals surface area (Å²) in [7, 11) is 1.31. The molecular formula is C20H16N2O7S. The van der Waals surface area contributed by atoms with Gasteiger partial charge in [-0.1, -0.05) is 11.3 Å². The normalized spacial score (nSPS) is 14.8. The van der Waals surface area contributed by atoms with E-state index in [1.54, 1.807) is 28.8 Å². The van der Waals surface area contributed by atoms with E-state index in [9.17, 15) is 9.59 Å². The number of ether oxygens (including phenoxy) is 5. The standard InChI is InChI=1S/C20H16N2O7S/c1-25-18(23)9-22-12-7-15-16(29-10-28-15)8-17(12)30-20(22)21-19(24)11-2-3-13-14(6-11)27-5-4-26-13/h2-3,6-8H,4-5,9-10H2,1H3. The molecule has 0 atom stereocenters. The van der Waals surface area contributed by atoms with E-state index in [2.05, 4.69) is 4.99 Å². The zero-order chi connectivity index (χ0) is 20.7. The van der Waals surface area contributed by atoms with Crippen LogP contribution in [0.2, 0.25) is 0 Å². The molecule has 0 saturated heterocycles. The number of aromatic nitrogens is 1. The Morgan fingerprint density at radius 1 is 1.03 bits per heavy atom. The van der Waals surface area contributed by atoms with Crippen molar-refractivity contribution in [2.75, 3.05) is 27.1 Å². The third kappa shape index (κ3) is 3.24. The Morgan fingerprint density at radius 3 is 2.57 bits per heavy atom. The van der Waals surface area contributed by atoms with Gasteiger partial charge in [0.05, 0.1) is 17.3 Å². The molecule has 2 aromatic carbocycles. The molecule has 0 radical (unpaired) electrons. The van der Waals surface area contributed by atoms with Crippen molar-refractivity contribution in [2.45, 2.75) is 6.54 Å². The summed E-state index contributed by atoms with van der Waals surface area (Å²) in [5.41, 5.74) is 1.05. The minimum absolute atomic E-state index is 0.0939. The summed E-state index contributed by atoms with van der Waals surface area (Å²) in [5.74, 6) is 1.36. The number of thiazole rings is 1. The molecule has 0 saturated carbocycles. The molecule has 3 aromatic rings. The van der Waals surface area contributed by atoms with Crippen molar-refractivity contribution in [3.8, 4) is 23.0 Å². The van der Waals surface area contributed by atoms with Gasteiger partial charge < -0.3 is 28.3 Å². The number of amides is 1. The van der Waals surface area contributed by atoms with Gasteiger partial charge in [-0.05, 0) is 18.2 Å². The number of methoxy groups -OCH3 is 1. The van der Waals surface area contributed by atoms with Crippen LogP contribution in [0.1, 0.15) is 10.4 Å². The number of carbonyl (C=O) groups is 2. The van der Waals surface area contributed by atoms with Gasteiger partial charge in [-0.25, -0.2) is 0 Å². The Bertz CT molecular complexity index is 1240. The highest BCUT2D eigenvalue weighted by atomic mass is 32.1. The largest absolute Gasteiger partial charge is 0.486 e. The molecule has 5 rings (SSSR count). The van der Waals surface area contributed by atoms with Gasteiger partial charge in [0.25, 0.3) is 5.91 Å². The molecule has 3 heterocycles. The fourth-order valence-electron chi connectivity index (χ4n) is 3.22. The van der Waals surface area contributed by atoms with Crippen molar-refractivity contribution in [3.05, 3.63) is 40.7 Å². The number of rotatable bonds is 3. The summed E-state index contributed by atoms with van der Waals surface area (Å²) in [5, 5.41) is 0. The first kappa shape index (κ1) is 18.5. The van der Waals surface area contributed by atoms with Gasteiger partial charge in [-0.2, -0.15) is 4.99 Å². The SMILES string of the molecule is COC(=O)Cn1c(=NC(=O)c2ccc3c(c2)OCCO3)sc2cc3c(cc21)OCO3. The molecule has 1 amide bonds. The predicted octanol–water partition coefficient (Wildman–Crippen LogP) is 2.12. The lowest BCUT2D eigenvalue weighted by molar-refractivity contribution is -0.141. The van der Waals surface area contributed by atoms with E-state index in [4.69, 9.17) is 23.7 Å². The molecule has 0 N–H and O–H groups in total. The first-order valence-corrected chi connectivity index (χ1v) is 9.92. The van der Waals surface area contributed by atoms with Gasteiger partial charge in [0, 0.05) is 17.7 Å². The zero-order valence-electron chi connectivity index (χ0n) is 15.9. The maximum absolute atomic E-state index is 12.9. The van der Waals surface area contributed by atoms with Crippen LogP contribution in [0.15, 0.2) is 35.3 Å². The van der Waals surface area contributed by atoms with Crippen molar-refractivity contribution >= 4 is 33.4 Å². The molecule has 0 spiro atoms. The fraction of sp³-hybridized carbons (Fsp3) is 0.250. The topological polar surface area (TPSA) is 97.6 Å². The van der Waals surface area contributed by atoms with Crippen LogP contribution in [-0.2, 0) is 16.1 Å². The van der Waals surface area contributed by atoms with Crippen LogP contribution in [0.4, 0.5) is 0 Å². The lowest BCUT2D eigenvalue weighted by atomic mass is 10.2. The number of benzene rings is 2. The predicted molar refractivity (Wildman–Crippen MR) is 105 cm³/mol. The Balaban J connectivity index is 1.60. The lowest BCUT2D eigenvalue weighted by Crippen LogP contribution is -2.22. The maximum atomic E-state index is 12.9. The molecule has 0 unspecified atom stereocenters. The van der Waals surface area contributed by atoms with Crippen molar-refractivity contribution < 1.29 is 33.3 Å². The molecular weight excluding hydrogens is 412 g/mol. The minimum Gasteiger partial charge on any atom is -0.486 e. The van der Waals surface area contributed by atoms with Gasteiger partial charge in [0.1, 0.15) is 19.8 Å². The minimum atomic E-state index is -0.461. The summed E-state index contributed by atoms with van der Waals surface area (Å²) in [6, 6.07) is 8.50. The molecule has 1 aromatic heterocycles. The second-order valence-corrected chi connectivity index (χ2v) is 7.50. The molecule has 0 bridgehead atoms. The van der Waals surface area contributed by atoms with Crippen LogP contribution in [0.25, 0.3) is 10.2 Å². The van der Waals surface area contributed by atoms with E-state index in [1.807, 2.05) is 6.07 Å². The highest BCUT2D eigenvalue weighted by Crippen LogP contribution is 2.37. The number of nitrogens with zero attached hydrogens (tertiary/aromatic N) is 2. The number of hydrogen-bond donors (Lipinski definition) is 0. The van der Waals surface area contributed by atoms with Crippen molar-refractivity contribution in [1.29, 1.82) is 0 Å². The van der Waals surface area contributed by atoms with Crippen LogP contribution in [0.3, 0.4) is 0 Å². The lowest BCUT2D eigenvalue weighted by Gasteiger charge is -2.18. The van der Waals surface area contributed by atoms with Crippen LogP contribution in [-0.4, -0.2) is 43.6 Å². The Kier molecular flexibility index (Phi) is 4.55. The third-order valence-corrected chi connectivity index (χ3v) is 5.72. The highest BCUT2D eigenvalue weighted by molar-refractivity contribution is 7.16. The molecule has 2 aliphatic heterocycles. The molecule has 154 valence electrons. The van der Waals surface area contributed by atoms with E-state index < -0.39 is 11.9 Å². The number of esters is 1. The summed E-state index contributed by atoms with van der Waals surface area (Å²) in [4.78, 5) is 29.4. The monoisotopic (exact) mass is 428 g/mol. The van der Waals surface area contributed by atoms with E-state index in [-0.39, 0.29) is 13.3 Å². The molecule has 30 heavy (non-hydrogen) atoms. The van der Waals surface area contributed by atoms with E-state index >= 15 is 0 Å². The summed E-state index contributed by atoms with van der Waals surface area (Å²) < 4.78 is 29.1. The van der Waals surface area contributed by atoms with E-state index in [1.165, 1.54) is 18.4 Å². The summed E-state index contributed by atoms with van der Waals surface area (Å²) in [6.45, 7) is 0.941. The average Bonchev–Trinajstić information content (AvgIpc) is 3.35. The van der Waals surface area contributed by atoms with E-state index in [0.717, 1.165) is 4.70 Å². The zero-order valence-corrected chi connectivity index (χ0v) is 16.7. The summed E-state index contributed by atoms with van der Waals surface area (Å²) >= 11 is 1.27. The van der Waals surface area contributed by atoms with Crippen LogP contribution in [0, 0.1) is 0 Å². The molecule has 0 fully saturated rings. The van der Waals surface area contributed by atoms with Gasteiger partial charge in [0.15, 0.2) is 27.8 Å². The number of hydrogen-bond acceptors (Lipinski definition) is 8. The fourth-order valence-corrected chi connectivity index (χ4v) is 4.26. The second-order valence-electron chi connectivity index (χ2n) is 6.50. The van der Waals surface area contributed by atoms with Crippen LogP contribution in [0.5, 0.6) is 23.0 Å². The number of fused-ring (bicyclic) bond motifs is 3. The van der Waals surface area contributed by atoms with Gasteiger partial charge in [-0.15, -0.1) is 0 Å². The maximum Gasteiger partial charge on any atom is 0.325 e. The van der Waals surface area contributed by atoms with Gasteiger partial charge >= 0.3 is 5.97 Å². The highest BCUT2D eigenvalue weighted by Gasteiger charge is 2.20. The first-order chi connectivity index (χ1) is 14.6. The molecule has 2 aliphatic rings. The molecule has 10 heteroatoms. The Hall–Kier alpha value is -3.53. The van der Waals surface area contributed by atoms with Crippen LogP contribution < -0.4 is 23.7 Å². The van der Waals surface area contributed by atoms with Crippen LogP contribution >= 0.6 is 11.3 Å². The van der Waals surface area contributed by atoms with E-state index in [0.29, 0.717) is 52.1 Å². The second kappa shape index (κ2) is 7.38. The van der Waals surface area contributed by atoms with Crippen molar-refractivity contribution in [2.24, 2.45) is 4.99 Å². The molecule has 0 aliphatic carbocycles. The smallest absolute Gasteiger partial charge is 0.325 e. The van der Waals surface area contributed by atoms with Gasteiger partial charge in [0.2, 0.25) is 6.79 Å². The summed E-state index contributed by atoms with van der Waals surface area (Å²) in [6.07, 6.45) is 0.